The minimum atomic E-state index is -0.356. The van der Waals surface area contributed by atoms with E-state index in [1.807, 2.05) is 11.0 Å². The predicted octanol–water partition coefficient (Wildman–Crippen LogP) is 3.03. The molecule has 21 heavy (non-hydrogen) atoms. The van der Waals surface area contributed by atoms with E-state index < -0.39 is 0 Å². The zero-order chi connectivity index (χ0) is 14.4. The molecule has 1 atom stereocenters. The third-order valence-electron chi connectivity index (χ3n) is 4.27. The van der Waals surface area contributed by atoms with E-state index in [0.29, 0.717) is 0 Å². The fourth-order valence-electron chi connectivity index (χ4n) is 2.90. The molecule has 0 saturated carbocycles. The fourth-order valence-corrected chi connectivity index (χ4v) is 2.90. The van der Waals surface area contributed by atoms with Gasteiger partial charge in [-0.15, -0.1) is 12.4 Å². The number of carbonyl (C=O) groups excluding carboxylic acids is 1. The van der Waals surface area contributed by atoms with Crippen LogP contribution < -0.4 is 5.32 Å². The third-order valence-corrected chi connectivity index (χ3v) is 4.27. The molecule has 1 aliphatic rings. The van der Waals surface area contributed by atoms with Crippen LogP contribution >= 0.6 is 12.4 Å². The minimum Gasteiger partial charge on any atom is -0.341 e. The van der Waals surface area contributed by atoms with Gasteiger partial charge in [-0.3, -0.25) is 4.79 Å². The molecule has 0 aromatic heterocycles. The minimum absolute atomic E-state index is 0. The van der Waals surface area contributed by atoms with Gasteiger partial charge >= 0.3 is 0 Å². The van der Waals surface area contributed by atoms with Crippen molar-refractivity contribution in [2.75, 3.05) is 19.6 Å². The van der Waals surface area contributed by atoms with Gasteiger partial charge in [0.2, 0.25) is 5.91 Å². The van der Waals surface area contributed by atoms with Gasteiger partial charge in [0, 0.05) is 13.1 Å². The van der Waals surface area contributed by atoms with Gasteiger partial charge in [0.25, 0.3) is 0 Å². The summed E-state index contributed by atoms with van der Waals surface area (Å²) in [5.74, 6) is 0.260. The summed E-state index contributed by atoms with van der Waals surface area (Å²) in [7, 11) is 0. The second-order valence-corrected chi connectivity index (χ2v) is 5.84. The summed E-state index contributed by atoms with van der Waals surface area (Å²) in [5.41, 5.74) is 0.936. The Kier molecular flexibility index (Phi) is 7.20. The Hall–Kier alpha value is -1.06. The second-order valence-electron chi connectivity index (χ2n) is 5.84. The third kappa shape index (κ3) is 4.72. The van der Waals surface area contributed by atoms with Crippen molar-refractivity contribution in [3.63, 3.8) is 0 Å². The van der Waals surface area contributed by atoms with E-state index in [9.17, 15) is 4.79 Å². The Bertz CT molecular complexity index is 430. The molecular weight excluding hydrogens is 284 g/mol. The average molecular weight is 311 g/mol. The summed E-state index contributed by atoms with van der Waals surface area (Å²) in [5, 5.41) is 3.42. The van der Waals surface area contributed by atoms with E-state index in [1.54, 1.807) is 0 Å². The van der Waals surface area contributed by atoms with E-state index >= 15 is 0 Å². The maximum Gasteiger partial charge on any atom is 0.242 e. The smallest absolute Gasteiger partial charge is 0.242 e. The average Bonchev–Trinajstić information content (AvgIpc) is 2.49. The van der Waals surface area contributed by atoms with E-state index in [-0.39, 0.29) is 23.9 Å². The van der Waals surface area contributed by atoms with Crippen LogP contribution in [0.5, 0.6) is 0 Å². The van der Waals surface area contributed by atoms with E-state index in [0.717, 1.165) is 38.9 Å². The largest absolute Gasteiger partial charge is 0.341 e. The summed E-state index contributed by atoms with van der Waals surface area (Å²) in [6, 6.07) is 10.4. The van der Waals surface area contributed by atoms with Gasteiger partial charge in [0.05, 0.1) is 5.54 Å². The van der Waals surface area contributed by atoms with Crippen LogP contribution in [-0.2, 0) is 11.2 Å². The lowest BCUT2D eigenvalue weighted by molar-refractivity contribution is -0.138. The summed E-state index contributed by atoms with van der Waals surface area (Å²) >= 11 is 0. The molecule has 1 aliphatic heterocycles. The summed E-state index contributed by atoms with van der Waals surface area (Å²) < 4.78 is 0. The normalized spacial score (nSPS) is 21.4. The Morgan fingerprint density at radius 3 is 2.57 bits per heavy atom. The Labute approximate surface area is 134 Å². The van der Waals surface area contributed by atoms with Crippen LogP contribution in [0, 0.1) is 0 Å². The Morgan fingerprint density at radius 2 is 2.00 bits per heavy atom. The molecule has 0 aliphatic carbocycles. The molecule has 4 heteroatoms. The second kappa shape index (κ2) is 8.40. The lowest BCUT2D eigenvalue weighted by Crippen LogP contribution is -2.58. The molecule has 0 spiro atoms. The van der Waals surface area contributed by atoms with Gasteiger partial charge in [0.1, 0.15) is 0 Å². The standard InChI is InChI=1S/C17H26N2O.ClH/c1-3-19(14-11-15-9-5-4-6-10-15)16(20)17(2)12-7-8-13-18-17;/h4-6,9-10,18H,3,7-8,11-14H2,1-2H3;1H. The molecule has 1 amide bonds. The topological polar surface area (TPSA) is 32.3 Å². The van der Waals surface area contributed by atoms with Crippen molar-refractivity contribution >= 4 is 18.3 Å². The maximum atomic E-state index is 12.7. The van der Waals surface area contributed by atoms with Crippen molar-refractivity contribution in [3.8, 4) is 0 Å². The predicted molar refractivity (Wildman–Crippen MR) is 89.9 cm³/mol. The van der Waals surface area contributed by atoms with Crippen molar-refractivity contribution in [2.24, 2.45) is 0 Å². The highest BCUT2D eigenvalue weighted by molar-refractivity contribution is 5.86. The molecule has 1 aromatic carbocycles. The lowest BCUT2D eigenvalue weighted by Gasteiger charge is -2.37. The van der Waals surface area contributed by atoms with Gasteiger partial charge in [-0.2, -0.15) is 0 Å². The summed E-state index contributed by atoms with van der Waals surface area (Å²) in [4.78, 5) is 14.7. The van der Waals surface area contributed by atoms with Crippen molar-refractivity contribution in [2.45, 2.75) is 45.1 Å². The van der Waals surface area contributed by atoms with Crippen LogP contribution in [0.15, 0.2) is 30.3 Å². The molecule has 118 valence electrons. The molecule has 1 aromatic rings. The molecule has 1 saturated heterocycles. The number of rotatable bonds is 5. The fraction of sp³-hybridized carbons (Fsp3) is 0.588. The number of benzene rings is 1. The van der Waals surface area contributed by atoms with Crippen LogP contribution in [-0.4, -0.2) is 36.0 Å². The van der Waals surface area contributed by atoms with Crippen LogP contribution in [0.1, 0.15) is 38.7 Å². The first-order chi connectivity index (χ1) is 9.65. The Morgan fingerprint density at radius 1 is 1.29 bits per heavy atom. The van der Waals surface area contributed by atoms with Gasteiger partial charge in [-0.1, -0.05) is 30.3 Å². The van der Waals surface area contributed by atoms with Gasteiger partial charge in [-0.05, 0) is 51.6 Å². The van der Waals surface area contributed by atoms with Crippen LogP contribution in [0.25, 0.3) is 0 Å². The van der Waals surface area contributed by atoms with Crippen LogP contribution in [0.4, 0.5) is 0 Å². The zero-order valence-corrected chi connectivity index (χ0v) is 13.9. The number of likely N-dealkylation sites (N-methyl/N-ethyl adjacent to an activating group) is 1. The quantitative estimate of drug-likeness (QED) is 0.906. The molecule has 1 fully saturated rings. The first-order valence-electron chi connectivity index (χ1n) is 7.74. The highest BCUT2D eigenvalue weighted by Crippen LogP contribution is 2.21. The monoisotopic (exact) mass is 310 g/mol. The van der Waals surface area contributed by atoms with E-state index in [2.05, 4.69) is 43.4 Å². The molecular formula is C17H27ClN2O. The molecule has 2 rings (SSSR count). The highest BCUT2D eigenvalue weighted by Gasteiger charge is 2.36. The van der Waals surface area contributed by atoms with Gasteiger partial charge in [-0.25, -0.2) is 0 Å². The van der Waals surface area contributed by atoms with Crippen molar-refractivity contribution in [1.82, 2.24) is 10.2 Å². The van der Waals surface area contributed by atoms with Crippen molar-refractivity contribution < 1.29 is 4.79 Å². The van der Waals surface area contributed by atoms with Gasteiger partial charge in [0.15, 0.2) is 0 Å². The SMILES string of the molecule is CCN(CCc1ccccc1)C(=O)C1(C)CCCCN1.Cl. The number of hydrogen-bond acceptors (Lipinski definition) is 2. The lowest BCUT2D eigenvalue weighted by atomic mass is 9.89. The van der Waals surface area contributed by atoms with Gasteiger partial charge < -0.3 is 10.2 Å². The Balaban J connectivity index is 0.00000220. The number of amides is 1. The van der Waals surface area contributed by atoms with E-state index in [1.165, 1.54) is 12.0 Å². The number of carbonyl (C=O) groups is 1. The zero-order valence-electron chi connectivity index (χ0n) is 13.1. The van der Waals surface area contributed by atoms with Crippen molar-refractivity contribution in [1.29, 1.82) is 0 Å². The van der Waals surface area contributed by atoms with E-state index in [4.69, 9.17) is 0 Å². The number of nitrogens with zero attached hydrogens (tertiary/aromatic N) is 1. The number of halogens is 1. The summed E-state index contributed by atoms with van der Waals surface area (Å²) in [6.45, 7) is 6.66. The molecule has 1 N–H and O–H groups in total. The maximum absolute atomic E-state index is 12.7. The van der Waals surface area contributed by atoms with Crippen LogP contribution in [0.3, 0.4) is 0 Å². The van der Waals surface area contributed by atoms with Crippen molar-refractivity contribution in [3.05, 3.63) is 35.9 Å². The summed E-state index contributed by atoms with van der Waals surface area (Å²) in [6.07, 6.45) is 4.20. The molecule has 1 unspecified atom stereocenters. The first kappa shape index (κ1) is 18.0. The molecule has 3 nitrogen and oxygen atoms in total. The number of hydrogen-bond donors (Lipinski definition) is 1. The highest BCUT2D eigenvalue weighted by atomic mass is 35.5. The molecule has 0 bridgehead atoms. The van der Waals surface area contributed by atoms with Crippen LogP contribution in [0.2, 0.25) is 0 Å². The number of nitrogens with one attached hydrogen (secondary N) is 1. The molecule has 0 radical (unpaired) electrons. The molecule has 1 heterocycles. The first-order valence-corrected chi connectivity index (χ1v) is 7.74. The number of piperidine rings is 1.